The maximum atomic E-state index is 10.8. The molecule has 1 aliphatic rings. The minimum atomic E-state index is -0.876. The van der Waals surface area contributed by atoms with E-state index in [1.54, 1.807) is 7.11 Å². The molecule has 4 nitrogen and oxygen atoms in total. The van der Waals surface area contributed by atoms with E-state index in [9.17, 15) is 4.79 Å². The fourth-order valence-electron chi connectivity index (χ4n) is 1.80. The van der Waals surface area contributed by atoms with Gasteiger partial charge in [-0.1, -0.05) is 0 Å². The Hall–Kier alpha value is -0.610. The third-order valence-corrected chi connectivity index (χ3v) is 3.04. The first-order valence-corrected chi connectivity index (χ1v) is 4.93. The molecule has 3 atom stereocenters. The van der Waals surface area contributed by atoms with Crippen LogP contribution in [0.4, 0.5) is 0 Å². The van der Waals surface area contributed by atoms with E-state index >= 15 is 0 Å². The van der Waals surface area contributed by atoms with Crippen LogP contribution in [0.1, 0.15) is 33.1 Å². The highest BCUT2D eigenvalue weighted by Crippen LogP contribution is 2.32. The van der Waals surface area contributed by atoms with Gasteiger partial charge in [0.05, 0.1) is 11.7 Å². The molecule has 0 aliphatic carbocycles. The molecule has 1 fully saturated rings. The van der Waals surface area contributed by atoms with Crippen molar-refractivity contribution < 1.29 is 19.4 Å². The zero-order valence-corrected chi connectivity index (χ0v) is 8.95. The van der Waals surface area contributed by atoms with Crippen LogP contribution in [-0.4, -0.2) is 36.0 Å². The molecule has 0 aromatic carbocycles. The summed E-state index contributed by atoms with van der Waals surface area (Å²) in [6, 6.07) is 0. The Morgan fingerprint density at radius 1 is 1.71 bits per heavy atom. The predicted octanol–water partition coefficient (Wildman–Crippen LogP) is 1.43. The summed E-state index contributed by atoms with van der Waals surface area (Å²) in [6.07, 6.45) is 1.57. The molecule has 0 bridgehead atoms. The topological polar surface area (TPSA) is 55.8 Å². The first-order chi connectivity index (χ1) is 6.49. The smallest absolute Gasteiger partial charge is 0.332 e. The van der Waals surface area contributed by atoms with E-state index in [2.05, 4.69) is 0 Å². The van der Waals surface area contributed by atoms with Crippen molar-refractivity contribution in [3.05, 3.63) is 0 Å². The highest BCUT2D eigenvalue weighted by atomic mass is 16.6. The molecule has 0 spiro atoms. The molecule has 0 amide bonds. The highest BCUT2D eigenvalue weighted by molar-refractivity contribution is 5.72. The summed E-state index contributed by atoms with van der Waals surface area (Å²) in [5.41, 5.74) is -0.462. The second-order valence-electron chi connectivity index (χ2n) is 4.03. The molecule has 0 aromatic heterocycles. The summed E-state index contributed by atoms with van der Waals surface area (Å²) in [5.74, 6) is -0.876. The third kappa shape index (κ3) is 2.25. The van der Waals surface area contributed by atoms with Crippen molar-refractivity contribution in [2.75, 3.05) is 7.11 Å². The first kappa shape index (κ1) is 11.5. The molecule has 0 radical (unpaired) electrons. The molecule has 0 aromatic rings. The number of carboxylic acid groups (broad SMARTS) is 1. The van der Waals surface area contributed by atoms with E-state index in [0.29, 0.717) is 6.42 Å². The van der Waals surface area contributed by atoms with Crippen molar-refractivity contribution in [1.82, 2.24) is 0 Å². The molecule has 14 heavy (non-hydrogen) atoms. The molecule has 1 aliphatic heterocycles. The van der Waals surface area contributed by atoms with Gasteiger partial charge in [-0.3, -0.25) is 0 Å². The summed E-state index contributed by atoms with van der Waals surface area (Å²) in [6.45, 7) is 3.82. The maximum Gasteiger partial charge on any atom is 0.332 e. The minimum absolute atomic E-state index is 0.0790. The summed E-state index contributed by atoms with van der Waals surface area (Å²) >= 11 is 0. The molecule has 1 rings (SSSR count). The Morgan fingerprint density at radius 3 is 2.86 bits per heavy atom. The van der Waals surface area contributed by atoms with Crippen LogP contribution < -0.4 is 0 Å². The second-order valence-corrected chi connectivity index (χ2v) is 4.03. The number of hydrogen-bond donors (Lipinski definition) is 1. The zero-order chi connectivity index (χ0) is 10.8. The lowest BCUT2D eigenvalue weighted by Crippen LogP contribution is -2.49. The van der Waals surface area contributed by atoms with E-state index in [-0.39, 0.29) is 6.10 Å². The van der Waals surface area contributed by atoms with Crippen molar-refractivity contribution in [2.24, 2.45) is 0 Å². The Morgan fingerprint density at radius 2 is 2.36 bits per heavy atom. The van der Waals surface area contributed by atoms with E-state index in [0.717, 1.165) is 12.8 Å². The molecule has 4 heteroatoms. The summed E-state index contributed by atoms with van der Waals surface area (Å²) in [5, 5.41) is 8.86. The normalized spacial score (nSPS) is 35.2. The van der Waals surface area contributed by atoms with Crippen LogP contribution in [0.25, 0.3) is 0 Å². The number of carboxylic acids is 1. The number of methoxy groups -OCH3 is 1. The summed E-state index contributed by atoms with van der Waals surface area (Å²) < 4.78 is 10.8. The summed E-state index contributed by atoms with van der Waals surface area (Å²) in [7, 11) is 1.61. The molecule has 82 valence electrons. The number of carbonyl (C=O) groups is 1. The Balaban J connectivity index is 2.66. The SMILES string of the molecule is COC(C)C1(C)CCCC(C(=O)O)O1. The predicted molar refractivity (Wildman–Crippen MR) is 51.2 cm³/mol. The minimum Gasteiger partial charge on any atom is -0.479 e. The Labute approximate surface area is 84.2 Å². The number of aliphatic carboxylic acids is 1. The number of hydrogen-bond acceptors (Lipinski definition) is 3. The zero-order valence-electron chi connectivity index (χ0n) is 8.95. The van der Waals surface area contributed by atoms with Crippen molar-refractivity contribution in [3.8, 4) is 0 Å². The average Bonchev–Trinajstić information content (AvgIpc) is 2.16. The van der Waals surface area contributed by atoms with E-state index in [1.165, 1.54) is 0 Å². The fraction of sp³-hybridized carbons (Fsp3) is 0.900. The molecule has 3 unspecified atom stereocenters. The van der Waals surface area contributed by atoms with Crippen molar-refractivity contribution in [2.45, 2.75) is 50.9 Å². The van der Waals surface area contributed by atoms with Gasteiger partial charge in [0.25, 0.3) is 0 Å². The van der Waals surface area contributed by atoms with Crippen molar-refractivity contribution in [3.63, 3.8) is 0 Å². The standard InChI is InChI=1S/C10H18O4/c1-7(13-3)10(2)6-4-5-8(14-10)9(11)12/h7-8H,4-6H2,1-3H3,(H,11,12). The average molecular weight is 202 g/mol. The lowest BCUT2D eigenvalue weighted by molar-refractivity contribution is -0.194. The first-order valence-electron chi connectivity index (χ1n) is 4.93. The second kappa shape index (κ2) is 4.28. The van der Waals surface area contributed by atoms with E-state index in [1.807, 2.05) is 13.8 Å². The molecule has 1 saturated heterocycles. The van der Waals surface area contributed by atoms with Gasteiger partial charge in [-0.25, -0.2) is 4.79 Å². The summed E-state index contributed by atoms with van der Waals surface area (Å²) in [4.78, 5) is 10.8. The van der Waals surface area contributed by atoms with Gasteiger partial charge in [0, 0.05) is 7.11 Å². The number of rotatable bonds is 3. The van der Waals surface area contributed by atoms with Gasteiger partial charge in [-0.15, -0.1) is 0 Å². The highest BCUT2D eigenvalue weighted by Gasteiger charge is 2.40. The fourth-order valence-corrected chi connectivity index (χ4v) is 1.80. The van der Waals surface area contributed by atoms with Crippen LogP contribution in [0.3, 0.4) is 0 Å². The monoisotopic (exact) mass is 202 g/mol. The van der Waals surface area contributed by atoms with E-state index < -0.39 is 17.7 Å². The van der Waals surface area contributed by atoms with Crippen LogP contribution in [0.2, 0.25) is 0 Å². The third-order valence-electron chi connectivity index (χ3n) is 3.04. The maximum absolute atomic E-state index is 10.8. The van der Waals surface area contributed by atoms with Crippen LogP contribution in [0.15, 0.2) is 0 Å². The van der Waals surface area contributed by atoms with Crippen LogP contribution >= 0.6 is 0 Å². The quantitative estimate of drug-likeness (QED) is 0.752. The van der Waals surface area contributed by atoms with Gasteiger partial charge in [0.2, 0.25) is 0 Å². The van der Waals surface area contributed by atoms with Crippen LogP contribution in [-0.2, 0) is 14.3 Å². The van der Waals surface area contributed by atoms with Crippen LogP contribution in [0, 0.1) is 0 Å². The molecular weight excluding hydrogens is 184 g/mol. The van der Waals surface area contributed by atoms with Gasteiger partial charge in [-0.2, -0.15) is 0 Å². The van der Waals surface area contributed by atoms with Gasteiger partial charge in [0.1, 0.15) is 0 Å². The lowest BCUT2D eigenvalue weighted by Gasteiger charge is -2.40. The van der Waals surface area contributed by atoms with Gasteiger partial charge >= 0.3 is 5.97 Å². The largest absolute Gasteiger partial charge is 0.479 e. The molecule has 0 saturated carbocycles. The molecule has 1 heterocycles. The Bertz CT molecular complexity index is 216. The molecular formula is C10H18O4. The van der Waals surface area contributed by atoms with Gasteiger partial charge in [-0.05, 0) is 33.1 Å². The van der Waals surface area contributed by atoms with Gasteiger partial charge in [0.15, 0.2) is 6.10 Å². The number of ether oxygens (including phenoxy) is 2. The van der Waals surface area contributed by atoms with Gasteiger partial charge < -0.3 is 14.6 Å². The van der Waals surface area contributed by atoms with Crippen LogP contribution in [0.5, 0.6) is 0 Å². The van der Waals surface area contributed by atoms with Crippen molar-refractivity contribution in [1.29, 1.82) is 0 Å². The Kier molecular flexibility index (Phi) is 3.50. The molecule has 1 N–H and O–H groups in total. The van der Waals surface area contributed by atoms with E-state index in [4.69, 9.17) is 14.6 Å². The van der Waals surface area contributed by atoms with Crippen molar-refractivity contribution >= 4 is 5.97 Å². The lowest BCUT2D eigenvalue weighted by atomic mass is 9.89.